The third kappa shape index (κ3) is 6.75. The minimum atomic E-state index is -0.514. The molecule has 0 radical (unpaired) electrons. The Kier molecular flexibility index (Phi) is 8.92. The fraction of sp³-hybridized carbons (Fsp3) is 0.379. The third-order valence-electron chi connectivity index (χ3n) is 6.24. The second-order valence-corrected chi connectivity index (χ2v) is 9.51. The maximum absolute atomic E-state index is 12.8. The van der Waals surface area contributed by atoms with Gasteiger partial charge in [0.1, 0.15) is 23.2 Å². The van der Waals surface area contributed by atoms with E-state index in [1.165, 1.54) is 0 Å². The number of benzene rings is 1. The lowest BCUT2D eigenvalue weighted by Crippen LogP contribution is -2.44. The Balaban J connectivity index is 1.81. The zero-order valence-electron chi connectivity index (χ0n) is 21.6. The number of rotatable bonds is 9. The van der Waals surface area contributed by atoms with Gasteiger partial charge >= 0.3 is 0 Å². The molecule has 1 saturated heterocycles. The van der Waals surface area contributed by atoms with Gasteiger partial charge in [0.15, 0.2) is 0 Å². The van der Waals surface area contributed by atoms with E-state index >= 15 is 0 Å². The molecule has 0 spiro atoms. The first kappa shape index (κ1) is 27.0. The molecule has 1 amide bonds. The zero-order chi connectivity index (χ0) is 26.3. The lowest BCUT2D eigenvalue weighted by atomic mass is 9.99. The number of methoxy groups -OCH3 is 1. The molecule has 1 N–H and O–H groups in total. The molecule has 1 fully saturated rings. The first-order chi connectivity index (χ1) is 17.1. The van der Waals surface area contributed by atoms with Crippen molar-refractivity contribution in [2.75, 3.05) is 40.0 Å². The van der Waals surface area contributed by atoms with Gasteiger partial charge in [0.25, 0.3) is 5.91 Å². The maximum Gasteiger partial charge on any atom is 0.262 e. The summed E-state index contributed by atoms with van der Waals surface area (Å²) in [5.41, 5.74) is 1.78. The van der Waals surface area contributed by atoms with Crippen LogP contribution in [0.4, 0.5) is 0 Å². The molecule has 1 aliphatic rings. The van der Waals surface area contributed by atoms with Crippen molar-refractivity contribution in [3.63, 3.8) is 0 Å². The van der Waals surface area contributed by atoms with E-state index in [0.29, 0.717) is 43.3 Å². The van der Waals surface area contributed by atoms with Gasteiger partial charge < -0.3 is 24.1 Å². The van der Waals surface area contributed by atoms with Crippen molar-refractivity contribution in [1.29, 1.82) is 5.26 Å². The monoisotopic (exact) mass is 489 g/mol. The van der Waals surface area contributed by atoms with Crippen LogP contribution in [0.5, 0.6) is 0 Å². The number of allylic oxidation sites excluding steroid dienone is 2. The van der Waals surface area contributed by atoms with E-state index < -0.39 is 11.4 Å². The summed E-state index contributed by atoms with van der Waals surface area (Å²) < 4.78 is 16.6. The lowest BCUT2D eigenvalue weighted by molar-refractivity contribution is -0.118. The van der Waals surface area contributed by atoms with Gasteiger partial charge in [-0.15, -0.1) is 0 Å². The van der Waals surface area contributed by atoms with Gasteiger partial charge in [-0.1, -0.05) is 25.3 Å². The normalized spacial score (nSPS) is 15.3. The SMILES string of the molecule is C=C(/C=c1/ccc(-c2ccc(/C(C)=C(\C#N)C(=O)NC(C)(C)CCOC)o2)cc1=C)N1CCOCC1. The first-order valence-electron chi connectivity index (χ1n) is 12.0. The van der Waals surface area contributed by atoms with Crippen LogP contribution in [-0.4, -0.2) is 56.4 Å². The van der Waals surface area contributed by atoms with Gasteiger partial charge in [-0.3, -0.25) is 4.79 Å². The molecule has 3 rings (SSSR count). The molecule has 7 nitrogen and oxygen atoms in total. The number of hydrogen-bond acceptors (Lipinski definition) is 6. The summed E-state index contributed by atoms with van der Waals surface area (Å²) in [6.45, 7) is 17.5. The molecular weight excluding hydrogens is 454 g/mol. The highest BCUT2D eigenvalue weighted by atomic mass is 16.5. The predicted molar refractivity (Wildman–Crippen MR) is 142 cm³/mol. The molecule has 190 valence electrons. The van der Waals surface area contributed by atoms with Gasteiger partial charge in [-0.05, 0) is 61.9 Å². The van der Waals surface area contributed by atoms with Crippen LogP contribution in [0, 0.1) is 11.3 Å². The summed E-state index contributed by atoms with van der Waals surface area (Å²) in [7, 11) is 1.61. The van der Waals surface area contributed by atoms with Gasteiger partial charge in [0, 0.05) is 49.2 Å². The fourth-order valence-electron chi connectivity index (χ4n) is 3.93. The van der Waals surface area contributed by atoms with Crippen LogP contribution in [0.1, 0.15) is 33.0 Å². The van der Waals surface area contributed by atoms with Crippen molar-refractivity contribution < 1.29 is 18.7 Å². The Morgan fingerprint density at radius 3 is 2.64 bits per heavy atom. The molecule has 7 heteroatoms. The topological polar surface area (TPSA) is 87.7 Å². The van der Waals surface area contributed by atoms with Crippen molar-refractivity contribution in [1.82, 2.24) is 10.2 Å². The summed E-state index contributed by atoms with van der Waals surface area (Å²) >= 11 is 0. The lowest BCUT2D eigenvalue weighted by Gasteiger charge is -2.29. The van der Waals surface area contributed by atoms with Crippen LogP contribution in [0.15, 0.2) is 52.6 Å². The highest BCUT2D eigenvalue weighted by Crippen LogP contribution is 2.27. The molecule has 1 aromatic heterocycles. The van der Waals surface area contributed by atoms with E-state index in [9.17, 15) is 10.1 Å². The van der Waals surface area contributed by atoms with Gasteiger partial charge in [0.05, 0.1) is 13.2 Å². The highest BCUT2D eigenvalue weighted by Gasteiger charge is 2.24. The Hall–Kier alpha value is -3.60. The number of ether oxygens (including phenoxy) is 2. The second-order valence-electron chi connectivity index (χ2n) is 9.51. The molecule has 0 aliphatic carbocycles. The van der Waals surface area contributed by atoms with Crippen LogP contribution < -0.4 is 15.8 Å². The van der Waals surface area contributed by atoms with Crippen molar-refractivity contribution in [2.45, 2.75) is 32.7 Å². The molecule has 1 aromatic carbocycles. The number of nitrogens with zero attached hydrogens (tertiary/aromatic N) is 2. The third-order valence-corrected chi connectivity index (χ3v) is 6.24. The van der Waals surface area contributed by atoms with E-state index in [1.807, 2.05) is 50.3 Å². The van der Waals surface area contributed by atoms with Crippen LogP contribution >= 0.6 is 0 Å². The molecule has 0 atom stereocenters. The van der Waals surface area contributed by atoms with Crippen LogP contribution in [0.3, 0.4) is 0 Å². The van der Waals surface area contributed by atoms with E-state index in [4.69, 9.17) is 13.9 Å². The Bertz CT molecular complexity index is 1290. The van der Waals surface area contributed by atoms with Crippen LogP contribution in [0.25, 0.3) is 29.6 Å². The quantitative estimate of drug-likeness (QED) is 0.430. The predicted octanol–water partition coefficient (Wildman–Crippen LogP) is 3.21. The Morgan fingerprint density at radius 1 is 1.28 bits per heavy atom. The minimum absolute atomic E-state index is 0.0193. The smallest absolute Gasteiger partial charge is 0.262 e. The van der Waals surface area contributed by atoms with Gasteiger partial charge in [0.2, 0.25) is 0 Å². The number of carbonyl (C=O) groups excluding carboxylic acids is 1. The van der Waals surface area contributed by atoms with Crippen molar-refractivity contribution in [3.05, 3.63) is 64.4 Å². The number of amides is 1. The average Bonchev–Trinajstić information content (AvgIpc) is 3.35. The standard InChI is InChI=1S/C29H35N3O4/c1-20-17-24(8-7-23(20)18-21(2)32-12-15-35-16-13-32)27-10-9-26(36-27)22(3)25(19-30)28(33)31-29(4,5)11-14-34-6/h7-10,17-18H,1-2,11-16H2,3-6H3,(H,31,33)/b23-18-,25-22+. The molecule has 0 saturated carbocycles. The van der Waals surface area contributed by atoms with Crippen LogP contribution in [0.2, 0.25) is 0 Å². The molecule has 2 aromatic rings. The summed E-state index contributed by atoms with van der Waals surface area (Å²) in [5, 5.41) is 14.4. The number of nitriles is 1. The molecule has 0 bridgehead atoms. The number of hydrogen-bond donors (Lipinski definition) is 1. The zero-order valence-corrected chi connectivity index (χ0v) is 21.6. The highest BCUT2D eigenvalue weighted by molar-refractivity contribution is 6.04. The maximum atomic E-state index is 12.8. The number of furan rings is 1. The summed E-state index contributed by atoms with van der Waals surface area (Å²) in [6, 6.07) is 11.5. The van der Waals surface area contributed by atoms with Gasteiger partial charge in [-0.25, -0.2) is 0 Å². The minimum Gasteiger partial charge on any atom is -0.456 e. The largest absolute Gasteiger partial charge is 0.456 e. The molecular formula is C29H35N3O4. The molecule has 36 heavy (non-hydrogen) atoms. The van der Waals surface area contributed by atoms with Crippen molar-refractivity contribution in [3.8, 4) is 17.4 Å². The van der Waals surface area contributed by atoms with Gasteiger partial charge in [-0.2, -0.15) is 5.26 Å². The average molecular weight is 490 g/mol. The van der Waals surface area contributed by atoms with E-state index in [2.05, 4.69) is 23.4 Å². The van der Waals surface area contributed by atoms with Crippen LogP contribution in [-0.2, 0) is 14.3 Å². The Labute approximate surface area is 213 Å². The number of carbonyl (C=O) groups is 1. The second kappa shape index (κ2) is 11.9. The molecule has 0 unspecified atom stereocenters. The number of morpholine rings is 1. The first-order valence-corrected chi connectivity index (χ1v) is 12.0. The molecule has 2 heterocycles. The van der Waals surface area contributed by atoms with E-state index in [-0.39, 0.29) is 5.57 Å². The summed E-state index contributed by atoms with van der Waals surface area (Å²) in [6.07, 6.45) is 2.66. The number of nitrogens with one attached hydrogen (secondary N) is 1. The summed E-state index contributed by atoms with van der Waals surface area (Å²) in [4.78, 5) is 15.0. The van der Waals surface area contributed by atoms with Crippen molar-refractivity contribution in [2.24, 2.45) is 0 Å². The molecule has 1 aliphatic heterocycles. The van der Waals surface area contributed by atoms with E-state index in [0.717, 1.165) is 34.8 Å². The fourth-order valence-corrected chi connectivity index (χ4v) is 3.93. The van der Waals surface area contributed by atoms with Crippen molar-refractivity contribution >= 4 is 24.1 Å². The van der Waals surface area contributed by atoms with E-state index in [1.54, 1.807) is 20.1 Å². The Morgan fingerprint density at radius 2 is 2.00 bits per heavy atom. The summed E-state index contributed by atoms with van der Waals surface area (Å²) in [5.74, 6) is 0.661.